The zero-order valence-electron chi connectivity index (χ0n) is 10.4. The number of benzene rings is 1. The molecule has 0 aliphatic rings. The Labute approximate surface area is 112 Å². The van der Waals surface area contributed by atoms with Gasteiger partial charge in [-0.15, -0.1) is 0 Å². The van der Waals surface area contributed by atoms with Crippen LogP contribution in [0.25, 0.3) is 0 Å². The number of aromatic carboxylic acids is 1. The molecule has 0 aliphatic carbocycles. The fraction of sp³-hybridized carbons (Fsp3) is 0.167. The number of hydrogen-bond acceptors (Lipinski definition) is 6. The smallest absolute Gasteiger partial charge is 0.342 e. The van der Waals surface area contributed by atoms with E-state index < -0.39 is 22.1 Å². The number of nitro groups is 1. The second kappa shape index (κ2) is 5.39. The average Bonchev–Trinajstić information content (AvgIpc) is 2.81. The lowest BCUT2D eigenvalue weighted by molar-refractivity contribution is -0.385. The number of carboxylic acids is 1. The van der Waals surface area contributed by atoms with Crippen LogP contribution in [0.15, 0.2) is 28.8 Å². The third-order valence-electron chi connectivity index (χ3n) is 2.45. The van der Waals surface area contributed by atoms with Gasteiger partial charge in [-0.3, -0.25) is 10.1 Å². The van der Waals surface area contributed by atoms with E-state index in [-0.39, 0.29) is 12.4 Å². The summed E-state index contributed by atoms with van der Waals surface area (Å²) >= 11 is 0. The van der Waals surface area contributed by atoms with Crippen molar-refractivity contribution in [3.63, 3.8) is 0 Å². The van der Waals surface area contributed by atoms with Gasteiger partial charge in [-0.1, -0.05) is 5.16 Å². The largest absolute Gasteiger partial charge is 0.486 e. The van der Waals surface area contributed by atoms with E-state index >= 15 is 0 Å². The molecule has 0 bridgehead atoms. The van der Waals surface area contributed by atoms with Crippen molar-refractivity contribution in [1.29, 1.82) is 0 Å². The molecular formula is C12H10N2O6. The van der Waals surface area contributed by atoms with Crippen LogP contribution in [0.4, 0.5) is 5.69 Å². The highest BCUT2D eigenvalue weighted by atomic mass is 16.6. The molecule has 0 fully saturated rings. The third-order valence-corrected chi connectivity index (χ3v) is 2.45. The zero-order valence-corrected chi connectivity index (χ0v) is 10.4. The van der Waals surface area contributed by atoms with Crippen LogP contribution in [0.5, 0.6) is 5.75 Å². The third kappa shape index (κ3) is 2.91. The molecule has 2 rings (SSSR count). The summed E-state index contributed by atoms with van der Waals surface area (Å²) in [5, 5.41) is 23.3. The van der Waals surface area contributed by atoms with Crippen LogP contribution < -0.4 is 4.74 Å². The number of hydrogen-bond donors (Lipinski definition) is 1. The number of nitro benzene ring substituents is 1. The molecule has 0 unspecified atom stereocenters. The molecule has 0 aliphatic heterocycles. The van der Waals surface area contributed by atoms with Gasteiger partial charge in [0.25, 0.3) is 5.69 Å². The normalized spacial score (nSPS) is 10.2. The number of aryl methyl sites for hydroxylation is 1. The maximum Gasteiger partial charge on any atom is 0.342 e. The summed E-state index contributed by atoms with van der Waals surface area (Å²) in [6, 6.07) is 5.19. The molecule has 20 heavy (non-hydrogen) atoms. The van der Waals surface area contributed by atoms with Gasteiger partial charge >= 0.3 is 5.97 Å². The van der Waals surface area contributed by atoms with Gasteiger partial charge in [0.15, 0.2) is 5.76 Å². The average molecular weight is 278 g/mol. The lowest BCUT2D eigenvalue weighted by atomic mass is 10.1. The zero-order chi connectivity index (χ0) is 14.7. The maximum atomic E-state index is 11.0. The first-order valence-electron chi connectivity index (χ1n) is 5.54. The number of ether oxygens (including phenoxy) is 1. The van der Waals surface area contributed by atoms with Gasteiger partial charge in [0.2, 0.25) is 0 Å². The monoisotopic (exact) mass is 278 g/mol. The summed E-state index contributed by atoms with van der Waals surface area (Å²) in [5.74, 6) is -0.725. The maximum absolute atomic E-state index is 11.0. The van der Waals surface area contributed by atoms with Gasteiger partial charge in [-0.25, -0.2) is 4.79 Å². The molecule has 2 aromatic rings. The van der Waals surface area contributed by atoms with E-state index in [4.69, 9.17) is 14.4 Å². The summed E-state index contributed by atoms with van der Waals surface area (Å²) in [6.45, 7) is 1.80. The first-order valence-corrected chi connectivity index (χ1v) is 5.54. The van der Waals surface area contributed by atoms with Crippen LogP contribution in [-0.4, -0.2) is 21.2 Å². The van der Waals surface area contributed by atoms with E-state index in [2.05, 4.69) is 5.16 Å². The molecule has 1 aromatic carbocycles. The van der Waals surface area contributed by atoms with Crippen LogP contribution in [0.3, 0.4) is 0 Å². The molecule has 0 radical (unpaired) electrons. The van der Waals surface area contributed by atoms with E-state index in [0.717, 1.165) is 12.1 Å². The first kappa shape index (κ1) is 13.5. The number of rotatable bonds is 5. The molecular weight excluding hydrogens is 268 g/mol. The van der Waals surface area contributed by atoms with E-state index in [9.17, 15) is 14.9 Å². The molecule has 0 spiro atoms. The van der Waals surface area contributed by atoms with Crippen molar-refractivity contribution >= 4 is 11.7 Å². The molecule has 104 valence electrons. The van der Waals surface area contributed by atoms with Crippen molar-refractivity contribution in [2.24, 2.45) is 0 Å². The second-order valence-corrected chi connectivity index (χ2v) is 3.96. The Morgan fingerprint density at radius 2 is 2.25 bits per heavy atom. The first-order chi connectivity index (χ1) is 9.47. The molecule has 0 atom stereocenters. The van der Waals surface area contributed by atoms with Crippen LogP contribution in [-0.2, 0) is 6.61 Å². The Morgan fingerprint density at radius 3 is 2.80 bits per heavy atom. The van der Waals surface area contributed by atoms with Crippen molar-refractivity contribution in [3.8, 4) is 5.75 Å². The fourth-order valence-electron chi connectivity index (χ4n) is 1.57. The van der Waals surface area contributed by atoms with Gasteiger partial charge in [0, 0.05) is 18.2 Å². The SMILES string of the molecule is Cc1cc(COc2ccc([N+](=O)[O-])c(C(=O)O)c2)on1. The molecule has 0 saturated carbocycles. The fourth-order valence-corrected chi connectivity index (χ4v) is 1.57. The lowest BCUT2D eigenvalue weighted by Crippen LogP contribution is -2.03. The van der Waals surface area contributed by atoms with Gasteiger partial charge in [-0.2, -0.15) is 0 Å². The Bertz CT molecular complexity index is 664. The Balaban J connectivity index is 2.18. The number of aromatic nitrogens is 1. The molecule has 8 nitrogen and oxygen atoms in total. The lowest BCUT2D eigenvalue weighted by Gasteiger charge is -2.05. The highest BCUT2D eigenvalue weighted by Crippen LogP contribution is 2.24. The highest BCUT2D eigenvalue weighted by Gasteiger charge is 2.20. The summed E-state index contributed by atoms with van der Waals surface area (Å²) in [6.07, 6.45) is 0. The van der Waals surface area contributed by atoms with E-state index in [1.54, 1.807) is 13.0 Å². The summed E-state index contributed by atoms with van der Waals surface area (Å²) in [4.78, 5) is 20.9. The van der Waals surface area contributed by atoms with Crippen molar-refractivity contribution in [1.82, 2.24) is 5.16 Å². The standard InChI is InChI=1S/C12H10N2O6/c1-7-4-9(20-13-7)6-19-8-2-3-11(14(17)18)10(5-8)12(15)16/h2-5H,6H2,1H3,(H,15,16). The van der Waals surface area contributed by atoms with Crippen molar-refractivity contribution in [3.05, 3.63) is 51.4 Å². The van der Waals surface area contributed by atoms with Gasteiger partial charge in [0.05, 0.1) is 10.6 Å². The minimum Gasteiger partial charge on any atom is -0.486 e. The van der Waals surface area contributed by atoms with Crippen molar-refractivity contribution in [2.45, 2.75) is 13.5 Å². The Hall–Kier alpha value is -2.90. The summed E-state index contributed by atoms with van der Waals surface area (Å²) in [5.41, 5.74) is -0.222. The van der Waals surface area contributed by atoms with Crippen LogP contribution in [0, 0.1) is 17.0 Å². The number of carboxylic acid groups (broad SMARTS) is 1. The van der Waals surface area contributed by atoms with E-state index in [1.165, 1.54) is 6.07 Å². The Morgan fingerprint density at radius 1 is 1.50 bits per heavy atom. The molecule has 1 aromatic heterocycles. The number of nitrogens with zero attached hydrogens (tertiary/aromatic N) is 2. The molecule has 1 N–H and O–H groups in total. The van der Waals surface area contributed by atoms with Gasteiger partial charge in [0.1, 0.15) is 17.9 Å². The summed E-state index contributed by atoms with van der Waals surface area (Å²) in [7, 11) is 0. The quantitative estimate of drug-likeness (QED) is 0.658. The molecule has 8 heteroatoms. The second-order valence-electron chi connectivity index (χ2n) is 3.96. The van der Waals surface area contributed by atoms with Crippen LogP contribution in [0.1, 0.15) is 21.8 Å². The predicted molar refractivity (Wildman–Crippen MR) is 65.6 cm³/mol. The van der Waals surface area contributed by atoms with Gasteiger partial charge < -0.3 is 14.4 Å². The minimum atomic E-state index is -1.39. The highest BCUT2D eigenvalue weighted by molar-refractivity contribution is 5.92. The van der Waals surface area contributed by atoms with E-state index in [0.29, 0.717) is 11.5 Å². The Kier molecular flexibility index (Phi) is 3.65. The minimum absolute atomic E-state index is 0.0533. The summed E-state index contributed by atoms with van der Waals surface area (Å²) < 4.78 is 10.2. The molecule has 1 heterocycles. The topological polar surface area (TPSA) is 116 Å². The number of carbonyl (C=O) groups is 1. The van der Waals surface area contributed by atoms with E-state index in [1.807, 2.05) is 0 Å². The van der Waals surface area contributed by atoms with Gasteiger partial charge in [-0.05, 0) is 13.0 Å². The van der Waals surface area contributed by atoms with Crippen LogP contribution in [0.2, 0.25) is 0 Å². The predicted octanol–water partition coefficient (Wildman–Crippen LogP) is 2.17. The van der Waals surface area contributed by atoms with Crippen molar-refractivity contribution < 1.29 is 24.1 Å². The molecule has 0 amide bonds. The van der Waals surface area contributed by atoms with Crippen molar-refractivity contribution in [2.75, 3.05) is 0 Å². The van der Waals surface area contributed by atoms with Crippen LogP contribution >= 0.6 is 0 Å². The molecule has 0 saturated heterocycles.